The Labute approximate surface area is 171 Å². The highest BCUT2D eigenvalue weighted by molar-refractivity contribution is 6.00. The Hall–Kier alpha value is -3.15. The van der Waals surface area contributed by atoms with Gasteiger partial charge in [-0.15, -0.1) is 0 Å². The first-order valence-corrected chi connectivity index (χ1v) is 9.59. The van der Waals surface area contributed by atoms with Crippen molar-refractivity contribution >= 4 is 17.8 Å². The van der Waals surface area contributed by atoms with Crippen LogP contribution >= 0.6 is 0 Å². The summed E-state index contributed by atoms with van der Waals surface area (Å²) < 4.78 is 5.18. The van der Waals surface area contributed by atoms with E-state index in [1.807, 2.05) is 46.8 Å². The van der Waals surface area contributed by atoms with E-state index in [2.05, 4.69) is 10.6 Å². The van der Waals surface area contributed by atoms with Crippen molar-refractivity contribution in [3.05, 3.63) is 69.8 Å². The molecule has 6 nitrogen and oxygen atoms in total. The first-order valence-electron chi connectivity index (χ1n) is 9.59. The van der Waals surface area contributed by atoms with Gasteiger partial charge in [-0.05, 0) is 75.1 Å². The number of hydrogen-bond acceptors (Lipinski definition) is 4. The highest BCUT2D eigenvalue weighted by Crippen LogP contribution is 2.16. The second-order valence-corrected chi connectivity index (χ2v) is 7.43. The van der Waals surface area contributed by atoms with Crippen LogP contribution in [-0.4, -0.2) is 30.4 Å². The zero-order valence-corrected chi connectivity index (χ0v) is 17.6. The van der Waals surface area contributed by atoms with Gasteiger partial charge >= 0.3 is 12.0 Å². The van der Waals surface area contributed by atoms with Gasteiger partial charge in [0.15, 0.2) is 6.61 Å². The molecule has 0 aliphatic heterocycles. The summed E-state index contributed by atoms with van der Waals surface area (Å²) in [6, 6.07) is 10.3. The van der Waals surface area contributed by atoms with Gasteiger partial charge in [-0.1, -0.05) is 18.2 Å². The van der Waals surface area contributed by atoms with E-state index in [0.29, 0.717) is 17.7 Å². The lowest BCUT2D eigenvalue weighted by molar-refractivity contribution is 0.0474. The van der Waals surface area contributed by atoms with Crippen LogP contribution in [0.25, 0.3) is 0 Å². The Bertz CT molecular complexity index is 902. The molecule has 0 fully saturated rings. The lowest BCUT2D eigenvalue weighted by atomic mass is 9.98. The minimum atomic E-state index is -0.558. The van der Waals surface area contributed by atoms with Crippen molar-refractivity contribution < 1.29 is 19.1 Å². The van der Waals surface area contributed by atoms with Gasteiger partial charge in [0.1, 0.15) is 0 Å². The lowest BCUT2D eigenvalue weighted by Gasteiger charge is -2.11. The van der Waals surface area contributed by atoms with Gasteiger partial charge in [0, 0.05) is 18.2 Å². The fourth-order valence-electron chi connectivity index (χ4n) is 2.81. The number of benzene rings is 2. The molecule has 0 atom stereocenters. The van der Waals surface area contributed by atoms with Crippen molar-refractivity contribution in [3.63, 3.8) is 0 Å². The number of Topliss-reactive ketones (excluding diaryl/α,β-unsaturated/α-hetero) is 1. The zero-order chi connectivity index (χ0) is 21.6. The highest BCUT2D eigenvalue weighted by Gasteiger charge is 2.14. The van der Waals surface area contributed by atoms with Gasteiger partial charge < -0.3 is 15.4 Å². The first kappa shape index (κ1) is 22.1. The second kappa shape index (κ2) is 9.87. The third kappa shape index (κ3) is 6.45. The molecule has 0 spiro atoms. The molecule has 0 aromatic heterocycles. The number of hydrogen-bond donors (Lipinski definition) is 2. The number of ketones is 1. The minimum absolute atomic E-state index is 0.0578. The molecule has 0 unspecified atom stereocenters. The predicted octanol–water partition coefficient (Wildman–Crippen LogP) is 3.86. The van der Waals surface area contributed by atoms with E-state index in [9.17, 15) is 14.4 Å². The molecule has 2 N–H and O–H groups in total. The molecular formula is C23H28N2O4. The molecule has 0 bridgehead atoms. The van der Waals surface area contributed by atoms with Crippen molar-refractivity contribution in [1.29, 1.82) is 0 Å². The number of carbonyl (C=O) groups is 3. The molecule has 0 saturated heterocycles. The van der Waals surface area contributed by atoms with E-state index in [0.717, 1.165) is 22.3 Å². The zero-order valence-electron chi connectivity index (χ0n) is 17.6. The maximum atomic E-state index is 12.4. The van der Waals surface area contributed by atoms with Crippen molar-refractivity contribution in [3.8, 4) is 0 Å². The third-order valence-corrected chi connectivity index (χ3v) is 4.54. The number of aryl methyl sites for hydroxylation is 3. The average molecular weight is 396 g/mol. The van der Waals surface area contributed by atoms with Crippen LogP contribution in [0.4, 0.5) is 4.79 Å². The highest BCUT2D eigenvalue weighted by atomic mass is 16.5. The van der Waals surface area contributed by atoms with E-state index >= 15 is 0 Å². The molecule has 29 heavy (non-hydrogen) atoms. The summed E-state index contributed by atoms with van der Waals surface area (Å²) in [5.41, 5.74) is 4.78. The molecule has 2 aromatic carbocycles. The Balaban J connectivity index is 1.90. The van der Waals surface area contributed by atoms with Gasteiger partial charge in [-0.3, -0.25) is 4.79 Å². The van der Waals surface area contributed by atoms with Crippen LogP contribution in [0.2, 0.25) is 0 Å². The van der Waals surface area contributed by atoms with E-state index in [1.54, 1.807) is 24.3 Å². The molecule has 2 amide bonds. The normalized spacial score (nSPS) is 10.6. The summed E-state index contributed by atoms with van der Waals surface area (Å²) in [5, 5.41) is 5.48. The number of carbonyl (C=O) groups excluding carboxylic acids is 3. The van der Waals surface area contributed by atoms with Crippen LogP contribution in [0.1, 0.15) is 56.8 Å². The summed E-state index contributed by atoms with van der Waals surface area (Å²) >= 11 is 0. The fourth-order valence-corrected chi connectivity index (χ4v) is 2.81. The second-order valence-electron chi connectivity index (χ2n) is 7.43. The summed E-state index contributed by atoms with van der Waals surface area (Å²) in [4.78, 5) is 36.3. The quantitative estimate of drug-likeness (QED) is 0.550. The van der Waals surface area contributed by atoms with E-state index in [1.165, 1.54) is 0 Å². The summed E-state index contributed by atoms with van der Waals surface area (Å²) in [5.74, 6) is -0.784. The van der Waals surface area contributed by atoms with Gasteiger partial charge in [-0.2, -0.15) is 0 Å². The van der Waals surface area contributed by atoms with Crippen LogP contribution < -0.4 is 10.6 Å². The SMILES string of the molecule is Cc1cc(C)c(C(=O)COC(=O)c2ccc(CNC(=O)NC(C)C)cc2)cc1C. The van der Waals surface area contributed by atoms with E-state index in [-0.39, 0.29) is 24.5 Å². The fraction of sp³-hybridized carbons (Fsp3) is 0.348. The van der Waals surface area contributed by atoms with Crippen LogP contribution in [-0.2, 0) is 11.3 Å². The number of urea groups is 1. The summed E-state index contributed by atoms with van der Waals surface area (Å²) in [7, 11) is 0. The number of amides is 2. The number of nitrogens with one attached hydrogen (secondary N) is 2. The standard InChI is InChI=1S/C23H28N2O4/c1-14(2)25-23(28)24-12-18-6-8-19(9-7-18)22(27)29-13-21(26)20-11-16(4)15(3)10-17(20)5/h6-11,14H,12-13H2,1-5H3,(H2,24,25,28). The number of rotatable bonds is 7. The molecular weight excluding hydrogens is 368 g/mol. The van der Waals surface area contributed by atoms with Gasteiger partial charge in [0.05, 0.1) is 5.56 Å². The Morgan fingerprint density at radius 2 is 1.55 bits per heavy atom. The van der Waals surface area contributed by atoms with Crippen LogP contribution in [0.3, 0.4) is 0 Å². The van der Waals surface area contributed by atoms with Gasteiger partial charge in [-0.25, -0.2) is 9.59 Å². The third-order valence-electron chi connectivity index (χ3n) is 4.54. The summed E-state index contributed by atoms with van der Waals surface area (Å²) in [6.45, 7) is 9.61. The molecule has 0 radical (unpaired) electrons. The molecule has 2 aromatic rings. The first-order chi connectivity index (χ1) is 13.7. The van der Waals surface area contributed by atoms with Gasteiger partial charge in [0.25, 0.3) is 0 Å². The monoisotopic (exact) mass is 396 g/mol. The number of esters is 1. The molecule has 0 aliphatic rings. The van der Waals surface area contributed by atoms with Crippen molar-refractivity contribution in [1.82, 2.24) is 10.6 Å². The van der Waals surface area contributed by atoms with Gasteiger partial charge in [0.2, 0.25) is 5.78 Å². The Kier molecular flexibility index (Phi) is 7.53. The van der Waals surface area contributed by atoms with Crippen LogP contribution in [0.15, 0.2) is 36.4 Å². The topological polar surface area (TPSA) is 84.5 Å². The molecule has 6 heteroatoms. The summed E-state index contributed by atoms with van der Waals surface area (Å²) in [6.07, 6.45) is 0. The van der Waals surface area contributed by atoms with Crippen molar-refractivity contribution in [2.24, 2.45) is 0 Å². The van der Waals surface area contributed by atoms with Crippen LogP contribution in [0, 0.1) is 20.8 Å². The molecule has 154 valence electrons. The van der Waals surface area contributed by atoms with Crippen LogP contribution in [0.5, 0.6) is 0 Å². The molecule has 0 saturated carbocycles. The number of ether oxygens (including phenoxy) is 1. The van der Waals surface area contributed by atoms with E-state index in [4.69, 9.17) is 4.74 Å². The molecule has 0 aliphatic carbocycles. The smallest absolute Gasteiger partial charge is 0.338 e. The maximum absolute atomic E-state index is 12.4. The maximum Gasteiger partial charge on any atom is 0.338 e. The molecule has 2 rings (SSSR count). The largest absolute Gasteiger partial charge is 0.454 e. The Morgan fingerprint density at radius 1 is 0.931 bits per heavy atom. The average Bonchev–Trinajstić information content (AvgIpc) is 2.67. The minimum Gasteiger partial charge on any atom is -0.454 e. The Morgan fingerprint density at radius 3 is 2.17 bits per heavy atom. The lowest BCUT2D eigenvalue weighted by Crippen LogP contribution is -2.39. The molecule has 0 heterocycles. The van der Waals surface area contributed by atoms with E-state index < -0.39 is 5.97 Å². The predicted molar refractivity (Wildman–Crippen MR) is 112 cm³/mol. The van der Waals surface area contributed by atoms with Crippen molar-refractivity contribution in [2.45, 2.75) is 47.2 Å². The van der Waals surface area contributed by atoms with Crippen molar-refractivity contribution in [2.75, 3.05) is 6.61 Å².